The summed E-state index contributed by atoms with van der Waals surface area (Å²) in [5.74, 6) is 0.284. The van der Waals surface area contributed by atoms with E-state index in [0.717, 1.165) is 17.7 Å². The van der Waals surface area contributed by atoms with Gasteiger partial charge in [0.2, 0.25) is 5.56 Å². The normalized spacial score (nSPS) is 12.1. The van der Waals surface area contributed by atoms with Crippen molar-refractivity contribution >= 4 is 5.69 Å². The minimum absolute atomic E-state index is 0.0127. The number of phenolic OH excluding ortho intramolecular Hbond substituents is 1. The predicted octanol–water partition coefficient (Wildman–Crippen LogP) is 2.65. The van der Waals surface area contributed by atoms with Gasteiger partial charge in [0.05, 0.1) is 11.7 Å². The molecule has 4 nitrogen and oxygen atoms in total. The molecule has 2 rings (SSSR count). The predicted molar refractivity (Wildman–Crippen MR) is 76.4 cm³/mol. The Morgan fingerprint density at radius 2 is 2.00 bits per heavy atom. The monoisotopic (exact) mass is 258 g/mol. The fourth-order valence-electron chi connectivity index (χ4n) is 2.06. The fourth-order valence-corrected chi connectivity index (χ4v) is 2.06. The highest BCUT2D eigenvalue weighted by Crippen LogP contribution is 2.28. The third kappa shape index (κ3) is 2.96. The first-order chi connectivity index (χ1) is 9.11. The highest BCUT2D eigenvalue weighted by atomic mass is 16.3. The van der Waals surface area contributed by atoms with Crippen LogP contribution in [0.2, 0.25) is 0 Å². The van der Waals surface area contributed by atoms with Crippen LogP contribution in [0.1, 0.15) is 24.9 Å². The number of hydrogen-bond donors (Lipinski definition) is 2. The molecule has 0 saturated carbocycles. The zero-order valence-electron chi connectivity index (χ0n) is 11.1. The Labute approximate surface area is 112 Å². The number of nitrogens with zero attached hydrogens (tertiary/aromatic N) is 1. The second-order valence-corrected chi connectivity index (χ2v) is 4.53. The molecule has 2 aromatic rings. The van der Waals surface area contributed by atoms with Crippen LogP contribution in [-0.4, -0.2) is 9.67 Å². The molecule has 0 spiro atoms. The highest BCUT2D eigenvalue weighted by Gasteiger charge is 2.12. The summed E-state index contributed by atoms with van der Waals surface area (Å²) in [5, 5.41) is 13.2. The lowest BCUT2D eigenvalue weighted by Gasteiger charge is -2.20. The first kappa shape index (κ1) is 13.2. The van der Waals surface area contributed by atoms with Crippen LogP contribution in [0.3, 0.4) is 0 Å². The SMILES string of the molecule is CCC(Nc1ccc(=O)n(C)c1)c1ccccc1O. The molecule has 100 valence electrons. The molecule has 0 bridgehead atoms. The van der Waals surface area contributed by atoms with E-state index in [2.05, 4.69) is 5.32 Å². The molecule has 0 aliphatic heterocycles. The van der Waals surface area contributed by atoms with Gasteiger partial charge in [0.25, 0.3) is 0 Å². The Kier molecular flexibility index (Phi) is 3.90. The molecule has 0 aliphatic rings. The van der Waals surface area contributed by atoms with E-state index in [0.29, 0.717) is 0 Å². The average Bonchev–Trinajstić information content (AvgIpc) is 2.41. The summed E-state index contributed by atoms with van der Waals surface area (Å²) in [6.07, 6.45) is 2.59. The van der Waals surface area contributed by atoms with Crippen molar-refractivity contribution in [2.75, 3.05) is 5.32 Å². The van der Waals surface area contributed by atoms with Crippen LogP contribution in [0.4, 0.5) is 5.69 Å². The average molecular weight is 258 g/mol. The molecule has 4 heteroatoms. The highest BCUT2D eigenvalue weighted by molar-refractivity contribution is 5.46. The van der Waals surface area contributed by atoms with E-state index in [-0.39, 0.29) is 17.4 Å². The summed E-state index contributed by atoms with van der Waals surface area (Å²) >= 11 is 0. The van der Waals surface area contributed by atoms with Crippen molar-refractivity contribution in [1.29, 1.82) is 0 Å². The van der Waals surface area contributed by atoms with E-state index < -0.39 is 0 Å². The van der Waals surface area contributed by atoms with Crippen LogP contribution in [-0.2, 0) is 7.05 Å². The van der Waals surface area contributed by atoms with Crippen LogP contribution < -0.4 is 10.9 Å². The van der Waals surface area contributed by atoms with Crippen molar-refractivity contribution in [2.45, 2.75) is 19.4 Å². The molecule has 19 heavy (non-hydrogen) atoms. The number of rotatable bonds is 4. The van der Waals surface area contributed by atoms with Crippen LogP contribution in [0.15, 0.2) is 47.4 Å². The van der Waals surface area contributed by atoms with E-state index in [1.165, 1.54) is 10.6 Å². The zero-order valence-corrected chi connectivity index (χ0v) is 11.1. The van der Waals surface area contributed by atoms with Crippen LogP contribution in [0, 0.1) is 0 Å². The van der Waals surface area contributed by atoms with Crippen molar-refractivity contribution < 1.29 is 5.11 Å². The number of aromatic nitrogens is 1. The third-order valence-corrected chi connectivity index (χ3v) is 3.15. The number of para-hydroxylation sites is 1. The Hall–Kier alpha value is -2.23. The number of phenols is 1. The summed E-state index contributed by atoms with van der Waals surface area (Å²) in [7, 11) is 1.72. The maximum atomic E-state index is 11.3. The van der Waals surface area contributed by atoms with Gasteiger partial charge in [0, 0.05) is 24.9 Å². The van der Waals surface area contributed by atoms with Crippen molar-refractivity contribution in [2.24, 2.45) is 7.05 Å². The topological polar surface area (TPSA) is 54.3 Å². The molecule has 1 aromatic carbocycles. The van der Waals surface area contributed by atoms with Gasteiger partial charge in [-0.15, -0.1) is 0 Å². The lowest BCUT2D eigenvalue weighted by Crippen LogP contribution is -2.17. The first-order valence-electron chi connectivity index (χ1n) is 6.33. The minimum atomic E-state index is -0.0406. The molecule has 0 aliphatic carbocycles. The number of aryl methyl sites for hydroxylation is 1. The summed E-state index contributed by atoms with van der Waals surface area (Å²) in [6, 6.07) is 10.6. The molecule has 0 amide bonds. The van der Waals surface area contributed by atoms with Crippen LogP contribution >= 0.6 is 0 Å². The van der Waals surface area contributed by atoms with Crippen molar-refractivity contribution in [1.82, 2.24) is 4.57 Å². The summed E-state index contributed by atoms with van der Waals surface area (Å²) in [5.41, 5.74) is 1.68. The van der Waals surface area contributed by atoms with Gasteiger partial charge in [0.15, 0.2) is 0 Å². The van der Waals surface area contributed by atoms with Gasteiger partial charge in [-0.1, -0.05) is 25.1 Å². The van der Waals surface area contributed by atoms with E-state index in [1.54, 1.807) is 31.4 Å². The van der Waals surface area contributed by atoms with Gasteiger partial charge in [-0.05, 0) is 18.6 Å². The van der Waals surface area contributed by atoms with Gasteiger partial charge in [-0.25, -0.2) is 0 Å². The number of aromatic hydroxyl groups is 1. The molecule has 1 heterocycles. The van der Waals surface area contributed by atoms with Gasteiger partial charge in [-0.3, -0.25) is 4.79 Å². The molecule has 1 unspecified atom stereocenters. The molecule has 1 aromatic heterocycles. The summed E-state index contributed by atoms with van der Waals surface area (Å²) in [4.78, 5) is 11.3. The number of benzene rings is 1. The second kappa shape index (κ2) is 5.61. The lowest BCUT2D eigenvalue weighted by molar-refractivity contribution is 0.462. The third-order valence-electron chi connectivity index (χ3n) is 3.15. The molecular formula is C15H18N2O2. The number of hydrogen-bond acceptors (Lipinski definition) is 3. The molecular weight excluding hydrogens is 240 g/mol. The maximum Gasteiger partial charge on any atom is 0.250 e. The maximum absolute atomic E-state index is 11.3. The Morgan fingerprint density at radius 3 is 2.63 bits per heavy atom. The van der Waals surface area contributed by atoms with Crippen LogP contribution in [0.5, 0.6) is 5.75 Å². The van der Waals surface area contributed by atoms with Crippen molar-refractivity contribution in [3.8, 4) is 5.75 Å². The number of anilines is 1. The van der Waals surface area contributed by atoms with Crippen molar-refractivity contribution in [3.05, 3.63) is 58.5 Å². The smallest absolute Gasteiger partial charge is 0.250 e. The Balaban J connectivity index is 2.26. The van der Waals surface area contributed by atoms with E-state index in [9.17, 15) is 9.90 Å². The van der Waals surface area contributed by atoms with Gasteiger partial charge >= 0.3 is 0 Å². The Bertz CT molecular complexity index is 620. The standard InChI is InChI=1S/C15H18N2O2/c1-3-13(12-6-4-5-7-14(12)18)16-11-8-9-15(19)17(2)10-11/h4-10,13,16,18H,3H2,1-2H3. The minimum Gasteiger partial charge on any atom is -0.508 e. The van der Waals surface area contributed by atoms with E-state index >= 15 is 0 Å². The molecule has 0 radical (unpaired) electrons. The van der Waals surface area contributed by atoms with Crippen molar-refractivity contribution in [3.63, 3.8) is 0 Å². The fraction of sp³-hybridized carbons (Fsp3) is 0.267. The van der Waals surface area contributed by atoms with Crippen LogP contribution in [0.25, 0.3) is 0 Å². The van der Waals surface area contributed by atoms with Gasteiger partial charge < -0.3 is 15.0 Å². The Morgan fingerprint density at radius 1 is 1.26 bits per heavy atom. The summed E-state index contributed by atoms with van der Waals surface area (Å²) in [6.45, 7) is 2.05. The van der Waals surface area contributed by atoms with Gasteiger partial charge in [-0.2, -0.15) is 0 Å². The summed E-state index contributed by atoms with van der Waals surface area (Å²) < 4.78 is 1.53. The molecule has 2 N–H and O–H groups in total. The number of pyridine rings is 1. The first-order valence-corrected chi connectivity index (χ1v) is 6.33. The second-order valence-electron chi connectivity index (χ2n) is 4.53. The molecule has 0 saturated heterocycles. The van der Waals surface area contributed by atoms with E-state index in [4.69, 9.17) is 0 Å². The largest absolute Gasteiger partial charge is 0.508 e. The van der Waals surface area contributed by atoms with Gasteiger partial charge in [0.1, 0.15) is 5.75 Å². The zero-order chi connectivity index (χ0) is 13.8. The molecule has 0 fully saturated rings. The lowest BCUT2D eigenvalue weighted by atomic mass is 10.0. The van der Waals surface area contributed by atoms with E-state index in [1.807, 2.05) is 19.1 Å². The molecule has 1 atom stereocenters. The number of nitrogens with one attached hydrogen (secondary N) is 1. The quantitative estimate of drug-likeness (QED) is 0.886.